The lowest BCUT2D eigenvalue weighted by Gasteiger charge is -2.08. The number of anilines is 1. The summed E-state index contributed by atoms with van der Waals surface area (Å²) in [5, 5.41) is 3.74. The molecule has 1 aromatic heterocycles. The molecule has 1 atom stereocenters. The van der Waals surface area contributed by atoms with Crippen molar-refractivity contribution in [1.29, 1.82) is 0 Å². The Hall–Kier alpha value is -1.84. The third-order valence-corrected chi connectivity index (χ3v) is 2.95. The first-order valence-corrected chi connectivity index (χ1v) is 5.65. The number of halogens is 1. The van der Waals surface area contributed by atoms with Gasteiger partial charge in [-0.1, -0.05) is 37.2 Å². The van der Waals surface area contributed by atoms with Crippen molar-refractivity contribution in [3.05, 3.63) is 35.8 Å². The molecule has 2 aromatic rings. The smallest absolute Gasteiger partial charge is 0.175 e. The van der Waals surface area contributed by atoms with E-state index in [2.05, 4.69) is 5.16 Å². The van der Waals surface area contributed by atoms with Crippen molar-refractivity contribution >= 4 is 5.82 Å². The summed E-state index contributed by atoms with van der Waals surface area (Å²) >= 11 is 0. The van der Waals surface area contributed by atoms with Crippen LogP contribution in [-0.4, -0.2) is 5.16 Å². The highest BCUT2D eigenvalue weighted by molar-refractivity contribution is 5.76. The van der Waals surface area contributed by atoms with Crippen LogP contribution in [0.2, 0.25) is 0 Å². The molecule has 2 N–H and O–H groups in total. The van der Waals surface area contributed by atoms with Gasteiger partial charge >= 0.3 is 0 Å². The van der Waals surface area contributed by atoms with Gasteiger partial charge in [0.15, 0.2) is 5.82 Å². The van der Waals surface area contributed by atoms with Gasteiger partial charge in [-0.15, -0.1) is 0 Å². The molecule has 0 amide bonds. The second-order valence-corrected chi connectivity index (χ2v) is 4.10. The molecule has 90 valence electrons. The van der Waals surface area contributed by atoms with Gasteiger partial charge in [0, 0.05) is 11.5 Å². The first-order valence-electron chi connectivity index (χ1n) is 5.65. The average molecular weight is 234 g/mol. The maximum absolute atomic E-state index is 13.8. The van der Waals surface area contributed by atoms with Crippen LogP contribution >= 0.6 is 0 Å². The lowest BCUT2D eigenvalue weighted by Crippen LogP contribution is -1.96. The Kier molecular flexibility index (Phi) is 3.13. The third-order valence-electron chi connectivity index (χ3n) is 2.95. The number of aromatic nitrogens is 1. The molecule has 0 bridgehead atoms. The van der Waals surface area contributed by atoms with Gasteiger partial charge in [0.2, 0.25) is 0 Å². The third kappa shape index (κ3) is 2.02. The Morgan fingerprint density at radius 1 is 1.41 bits per heavy atom. The molecule has 17 heavy (non-hydrogen) atoms. The highest BCUT2D eigenvalue weighted by Gasteiger charge is 2.21. The zero-order valence-electron chi connectivity index (χ0n) is 9.90. The van der Waals surface area contributed by atoms with Crippen molar-refractivity contribution in [2.24, 2.45) is 0 Å². The first-order chi connectivity index (χ1) is 8.15. The van der Waals surface area contributed by atoms with E-state index in [1.54, 1.807) is 18.2 Å². The predicted octanol–water partition coefficient (Wildman–Crippen LogP) is 3.58. The van der Waals surface area contributed by atoms with Gasteiger partial charge in [-0.3, -0.25) is 0 Å². The maximum atomic E-state index is 13.8. The van der Waals surface area contributed by atoms with Crippen LogP contribution in [0.25, 0.3) is 11.1 Å². The van der Waals surface area contributed by atoms with Crippen molar-refractivity contribution in [2.45, 2.75) is 26.2 Å². The fourth-order valence-corrected chi connectivity index (χ4v) is 1.77. The number of hydrogen-bond donors (Lipinski definition) is 1. The number of nitrogens with zero attached hydrogens (tertiary/aromatic N) is 1. The number of hydrogen-bond acceptors (Lipinski definition) is 3. The van der Waals surface area contributed by atoms with Crippen LogP contribution in [0.15, 0.2) is 28.8 Å². The summed E-state index contributed by atoms with van der Waals surface area (Å²) in [5.74, 6) is 0.738. The van der Waals surface area contributed by atoms with E-state index in [1.165, 1.54) is 6.07 Å². The van der Waals surface area contributed by atoms with Crippen LogP contribution in [-0.2, 0) is 0 Å². The largest absolute Gasteiger partial charge is 0.380 e. The number of rotatable bonds is 3. The molecule has 0 spiro atoms. The van der Waals surface area contributed by atoms with Gasteiger partial charge in [-0.25, -0.2) is 4.39 Å². The van der Waals surface area contributed by atoms with E-state index in [9.17, 15) is 4.39 Å². The van der Waals surface area contributed by atoms with Gasteiger partial charge in [-0.05, 0) is 12.5 Å². The minimum atomic E-state index is -0.313. The SMILES string of the molecule is CCC(C)c1onc(N)c1-c1ccccc1F. The van der Waals surface area contributed by atoms with Crippen LogP contribution < -0.4 is 5.73 Å². The molecule has 0 aliphatic rings. The van der Waals surface area contributed by atoms with Crippen LogP contribution in [0.4, 0.5) is 10.2 Å². The molecule has 0 fully saturated rings. The van der Waals surface area contributed by atoms with Crippen molar-refractivity contribution in [3.63, 3.8) is 0 Å². The molecule has 3 nitrogen and oxygen atoms in total. The van der Waals surface area contributed by atoms with Crippen molar-refractivity contribution in [2.75, 3.05) is 5.73 Å². The van der Waals surface area contributed by atoms with Gasteiger partial charge in [-0.2, -0.15) is 0 Å². The zero-order chi connectivity index (χ0) is 12.4. The topological polar surface area (TPSA) is 52.0 Å². The fraction of sp³-hybridized carbons (Fsp3) is 0.308. The van der Waals surface area contributed by atoms with E-state index in [0.29, 0.717) is 16.9 Å². The first kappa shape index (κ1) is 11.6. The normalized spacial score (nSPS) is 12.6. The van der Waals surface area contributed by atoms with E-state index in [-0.39, 0.29) is 17.6 Å². The lowest BCUT2D eigenvalue weighted by atomic mass is 9.97. The molecule has 0 radical (unpaired) electrons. The number of nitrogens with two attached hydrogens (primary N) is 1. The van der Waals surface area contributed by atoms with E-state index >= 15 is 0 Å². The van der Waals surface area contributed by atoms with Crippen molar-refractivity contribution < 1.29 is 8.91 Å². The molecule has 0 saturated heterocycles. The number of nitrogen functional groups attached to an aromatic ring is 1. The Balaban J connectivity index is 2.59. The van der Waals surface area contributed by atoms with Crippen LogP contribution in [0.1, 0.15) is 31.9 Å². The minimum absolute atomic E-state index is 0.161. The van der Waals surface area contributed by atoms with E-state index < -0.39 is 0 Å². The van der Waals surface area contributed by atoms with E-state index in [4.69, 9.17) is 10.3 Å². The van der Waals surface area contributed by atoms with E-state index in [1.807, 2.05) is 13.8 Å². The van der Waals surface area contributed by atoms with Crippen molar-refractivity contribution in [3.8, 4) is 11.1 Å². The monoisotopic (exact) mass is 234 g/mol. The number of benzene rings is 1. The molecule has 1 aromatic carbocycles. The Bertz CT molecular complexity index is 522. The summed E-state index contributed by atoms with van der Waals surface area (Å²) in [6.07, 6.45) is 0.885. The molecule has 0 aliphatic carbocycles. The van der Waals surface area contributed by atoms with Gasteiger partial charge < -0.3 is 10.3 Å². The van der Waals surface area contributed by atoms with Crippen LogP contribution in [0.5, 0.6) is 0 Å². The molecule has 4 heteroatoms. The Labute approximate surface area is 99.4 Å². The van der Waals surface area contributed by atoms with E-state index in [0.717, 1.165) is 6.42 Å². The summed E-state index contributed by atoms with van der Waals surface area (Å²) in [5.41, 5.74) is 6.79. The molecule has 1 unspecified atom stereocenters. The zero-order valence-corrected chi connectivity index (χ0v) is 9.90. The summed E-state index contributed by atoms with van der Waals surface area (Å²) in [6.45, 7) is 4.04. The van der Waals surface area contributed by atoms with Gasteiger partial charge in [0.05, 0.1) is 5.56 Å². The van der Waals surface area contributed by atoms with Gasteiger partial charge in [0.25, 0.3) is 0 Å². The highest BCUT2D eigenvalue weighted by atomic mass is 19.1. The molecule has 0 aliphatic heterocycles. The lowest BCUT2D eigenvalue weighted by molar-refractivity contribution is 0.366. The average Bonchev–Trinajstić information content (AvgIpc) is 2.71. The predicted molar refractivity (Wildman–Crippen MR) is 65.0 cm³/mol. The Morgan fingerprint density at radius 3 is 2.76 bits per heavy atom. The highest BCUT2D eigenvalue weighted by Crippen LogP contribution is 2.36. The molecule has 0 saturated carbocycles. The second kappa shape index (κ2) is 4.57. The standard InChI is InChI=1S/C13H15FN2O/c1-3-8(2)12-11(13(15)16-17-12)9-6-4-5-7-10(9)14/h4-8H,3H2,1-2H3,(H2,15,16). The summed E-state index contributed by atoms with van der Waals surface area (Å²) in [4.78, 5) is 0. The summed E-state index contributed by atoms with van der Waals surface area (Å²) in [6, 6.07) is 6.50. The maximum Gasteiger partial charge on any atom is 0.175 e. The molecule has 1 heterocycles. The van der Waals surface area contributed by atoms with Crippen LogP contribution in [0.3, 0.4) is 0 Å². The second-order valence-electron chi connectivity index (χ2n) is 4.10. The van der Waals surface area contributed by atoms with Crippen LogP contribution in [0, 0.1) is 5.82 Å². The minimum Gasteiger partial charge on any atom is -0.380 e. The molecular weight excluding hydrogens is 219 g/mol. The van der Waals surface area contributed by atoms with Gasteiger partial charge in [0.1, 0.15) is 11.6 Å². The van der Waals surface area contributed by atoms with Crippen molar-refractivity contribution in [1.82, 2.24) is 5.16 Å². The summed E-state index contributed by atoms with van der Waals surface area (Å²) in [7, 11) is 0. The fourth-order valence-electron chi connectivity index (χ4n) is 1.77. The quantitative estimate of drug-likeness (QED) is 0.883. The summed E-state index contributed by atoms with van der Waals surface area (Å²) < 4.78 is 19.0. The molecular formula is C13H15FN2O. The molecule has 2 rings (SSSR count). The Morgan fingerprint density at radius 2 is 2.12 bits per heavy atom.